The second-order valence-corrected chi connectivity index (χ2v) is 1.71. The number of hydrogen-bond donors (Lipinski definition) is 1. The van der Waals surface area contributed by atoms with E-state index in [4.69, 9.17) is 9.84 Å². The van der Waals surface area contributed by atoms with Crippen LogP contribution in [0.15, 0.2) is 0 Å². The van der Waals surface area contributed by atoms with E-state index < -0.39 is 0 Å². The van der Waals surface area contributed by atoms with E-state index in [-0.39, 0.29) is 19.3 Å². The Hall–Kier alpha value is -0.160. The Balaban J connectivity index is 3.21. The fourth-order valence-corrected chi connectivity index (χ4v) is 0.533. The average molecular weight is 150 g/mol. The van der Waals surface area contributed by atoms with Gasteiger partial charge in [-0.25, -0.2) is 9.78 Å². The number of ether oxygens (including phenoxy) is 1. The van der Waals surface area contributed by atoms with Gasteiger partial charge >= 0.3 is 0 Å². The number of aliphatic hydroxyl groups is 1. The molecule has 1 unspecified atom stereocenters. The van der Waals surface area contributed by atoms with Crippen LogP contribution in [-0.4, -0.2) is 38.1 Å². The van der Waals surface area contributed by atoms with E-state index in [1.165, 1.54) is 7.11 Å². The van der Waals surface area contributed by atoms with Gasteiger partial charge in [-0.3, -0.25) is 0 Å². The first-order chi connectivity index (χ1) is 4.85. The van der Waals surface area contributed by atoms with Crippen molar-refractivity contribution in [1.29, 1.82) is 0 Å². The maximum atomic E-state index is 8.62. The predicted molar refractivity (Wildman–Crippen MR) is 35.5 cm³/mol. The van der Waals surface area contributed by atoms with Crippen molar-refractivity contribution in [2.24, 2.45) is 0 Å². The van der Waals surface area contributed by atoms with Crippen LogP contribution in [0.1, 0.15) is 6.92 Å². The summed E-state index contributed by atoms with van der Waals surface area (Å²) in [4.78, 5) is 8.88. The minimum Gasteiger partial charge on any atom is -0.394 e. The molecule has 62 valence electrons. The van der Waals surface area contributed by atoms with E-state index in [1.807, 2.05) is 6.92 Å². The lowest BCUT2D eigenvalue weighted by atomic mass is 10.4. The van der Waals surface area contributed by atoms with E-state index in [2.05, 4.69) is 9.78 Å². The number of rotatable bonds is 6. The lowest BCUT2D eigenvalue weighted by molar-refractivity contribution is -0.288. The van der Waals surface area contributed by atoms with Gasteiger partial charge in [0, 0.05) is 6.61 Å². The van der Waals surface area contributed by atoms with Gasteiger partial charge in [0.1, 0.15) is 12.7 Å². The van der Waals surface area contributed by atoms with Crippen LogP contribution >= 0.6 is 0 Å². The standard InChI is InChI=1S/C6H14O4/c1-3-9-6(4-7)5-10-8-2/h6-7H,3-5H2,1-2H3. The molecule has 0 saturated heterocycles. The van der Waals surface area contributed by atoms with Gasteiger partial charge in [0.25, 0.3) is 0 Å². The summed E-state index contributed by atoms with van der Waals surface area (Å²) >= 11 is 0. The summed E-state index contributed by atoms with van der Waals surface area (Å²) in [5.41, 5.74) is 0. The SMILES string of the molecule is CCOC(CO)COOC. The zero-order valence-electron chi connectivity index (χ0n) is 6.37. The molecule has 0 amide bonds. The lowest BCUT2D eigenvalue weighted by Crippen LogP contribution is -2.23. The molecule has 0 aromatic rings. The van der Waals surface area contributed by atoms with Crippen LogP contribution in [0, 0.1) is 0 Å². The zero-order chi connectivity index (χ0) is 7.82. The maximum Gasteiger partial charge on any atom is 0.111 e. The van der Waals surface area contributed by atoms with E-state index in [9.17, 15) is 0 Å². The molecule has 0 saturated carbocycles. The van der Waals surface area contributed by atoms with Gasteiger partial charge in [0.15, 0.2) is 0 Å². The molecule has 4 nitrogen and oxygen atoms in total. The smallest absolute Gasteiger partial charge is 0.111 e. The van der Waals surface area contributed by atoms with Gasteiger partial charge in [-0.2, -0.15) is 0 Å². The number of aliphatic hydroxyl groups excluding tert-OH is 1. The molecule has 1 N–H and O–H groups in total. The Kier molecular flexibility index (Phi) is 6.84. The molecule has 1 atom stereocenters. The minimum atomic E-state index is -0.273. The zero-order valence-corrected chi connectivity index (χ0v) is 6.37. The topological polar surface area (TPSA) is 47.9 Å². The van der Waals surface area contributed by atoms with Gasteiger partial charge in [0.05, 0.1) is 13.7 Å². The highest BCUT2D eigenvalue weighted by atomic mass is 17.2. The second kappa shape index (κ2) is 6.95. The molecule has 0 aliphatic heterocycles. The van der Waals surface area contributed by atoms with Crippen LogP contribution < -0.4 is 0 Å². The third-order valence-electron chi connectivity index (χ3n) is 0.978. The van der Waals surface area contributed by atoms with Crippen molar-refractivity contribution in [3.63, 3.8) is 0 Å². The molecule has 0 aliphatic rings. The Morgan fingerprint density at radius 3 is 2.60 bits per heavy atom. The van der Waals surface area contributed by atoms with Crippen LogP contribution in [0.3, 0.4) is 0 Å². The van der Waals surface area contributed by atoms with Crippen molar-refractivity contribution in [2.45, 2.75) is 13.0 Å². The molecule has 0 aromatic heterocycles. The second-order valence-electron chi connectivity index (χ2n) is 1.71. The first kappa shape index (κ1) is 9.84. The highest BCUT2D eigenvalue weighted by molar-refractivity contribution is 4.50. The predicted octanol–water partition coefficient (Wildman–Crippen LogP) is -0.0382. The maximum absolute atomic E-state index is 8.62. The molecule has 0 fully saturated rings. The van der Waals surface area contributed by atoms with Crippen molar-refractivity contribution in [2.75, 3.05) is 26.9 Å². The van der Waals surface area contributed by atoms with Crippen LogP contribution in [0.2, 0.25) is 0 Å². The van der Waals surface area contributed by atoms with Crippen LogP contribution in [0.25, 0.3) is 0 Å². The molecule has 0 radical (unpaired) electrons. The first-order valence-electron chi connectivity index (χ1n) is 3.23. The van der Waals surface area contributed by atoms with Crippen LogP contribution in [0.5, 0.6) is 0 Å². The van der Waals surface area contributed by atoms with Gasteiger partial charge in [-0.1, -0.05) is 0 Å². The van der Waals surface area contributed by atoms with Crippen molar-refractivity contribution in [3.05, 3.63) is 0 Å². The van der Waals surface area contributed by atoms with Gasteiger partial charge in [-0.15, -0.1) is 0 Å². The summed E-state index contributed by atoms with van der Waals surface area (Å²) < 4.78 is 5.04. The Morgan fingerprint density at radius 2 is 2.20 bits per heavy atom. The number of hydrogen-bond acceptors (Lipinski definition) is 4. The Morgan fingerprint density at radius 1 is 1.50 bits per heavy atom. The van der Waals surface area contributed by atoms with E-state index in [1.54, 1.807) is 0 Å². The van der Waals surface area contributed by atoms with Crippen LogP contribution in [-0.2, 0) is 14.5 Å². The molecule has 0 aliphatic carbocycles. The fourth-order valence-electron chi connectivity index (χ4n) is 0.533. The minimum absolute atomic E-state index is 0.0444. The van der Waals surface area contributed by atoms with Crippen LogP contribution in [0.4, 0.5) is 0 Å². The van der Waals surface area contributed by atoms with Crippen molar-refractivity contribution in [1.82, 2.24) is 0 Å². The van der Waals surface area contributed by atoms with E-state index >= 15 is 0 Å². The fraction of sp³-hybridized carbons (Fsp3) is 1.00. The van der Waals surface area contributed by atoms with Gasteiger partial charge < -0.3 is 9.84 Å². The van der Waals surface area contributed by atoms with Crippen molar-refractivity contribution in [3.8, 4) is 0 Å². The summed E-state index contributed by atoms with van der Waals surface area (Å²) in [5, 5.41) is 8.62. The summed E-state index contributed by atoms with van der Waals surface area (Å²) in [7, 11) is 1.42. The van der Waals surface area contributed by atoms with E-state index in [0.717, 1.165) is 0 Å². The molecule has 0 heterocycles. The van der Waals surface area contributed by atoms with Gasteiger partial charge in [0.2, 0.25) is 0 Å². The molecular weight excluding hydrogens is 136 g/mol. The van der Waals surface area contributed by atoms with Crippen molar-refractivity contribution >= 4 is 0 Å². The first-order valence-corrected chi connectivity index (χ1v) is 3.23. The molecule has 0 aromatic carbocycles. The summed E-state index contributed by atoms with van der Waals surface area (Å²) in [6.07, 6.45) is -0.273. The third-order valence-corrected chi connectivity index (χ3v) is 0.978. The molecular formula is C6H14O4. The molecule has 0 spiro atoms. The summed E-state index contributed by atoms with van der Waals surface area (Å²) in [6.45, 7) is 2.64. The lowest BCUT2D eigenvalue weighted by Gasteiger charge is -2.11. The highest BCUT2D eigenvalue weighted by Gasteiger charge is 2.05. The van der Waals surface area contributed by atoms with E-state index in [0.29, 0.717) is 6.61 Å². The quantitative estimate of drug-likeness (QED) is 0.426. The summed E-state index contributed by atoms with van der Waals surface area (Å²) in [5.74, 6) is 0. The third kappa shape index (κ3) is 4.69. The Labute approximate surface area is 60.6 Å². The molecule has 10 heavy (non-hydrogen) atoms. The molecule has 0 rings (SSSR count). The highest BCUT2D eigenvalue weighted by Crippen LogP contribution is 1.91. The molecule has 0 bridgehead atoms. The summed E-state index contributed by atoms with van der Waals surface area (Å²) in [6, 6.07) is 0. The van der Waals surface area contributed by atoms with Gasteiger partial charge in [-0.05, 0) is 6.92 Å². The average Bonchev–Trinajstić information content (AvgIpc) is 1.98. The molecule has 4 heteroatoms. The monoisotopic (exact) mass is 150 g/mol. The van der Waals surface area contributed by atoms with Crippen molar-refractivity contribution < 1.29 is 19.6 Å². The Bertz CT molecular complexity index is 66.8. The largest absolute Gasteiger partial charge is 0.394 e. The normalized spacial score (nSPS) is 13.5.